The summed E-state index contributed by atoms with van der Waals surface area (Å²) in [6.45, 7) is 9.61. The maximum atomic E-state index is 12.9. The lowest BCUT2D eigenvalue weighted by atomic mass is 10.0. The van der Waals surface area contributed by atoms with Gasteiger partial charge in [-0.2, -0.15) is 5.10 Å². The van der Waals surface area contributed by atoms with E-state index in [1.54, 1.807) is 10.9 Å². The van der Waals surface area contributed by atoms with E-state index in [0.29, 0.717) is 24.7 Å². The van der Waals surface area contributed by atoms with Crippen LogP contribution in [0.4, 0.5) is 0 Å². The maximum absolute atomic E-state index is 12.9. The molecule has 3 rings (SSSR count). The standard InChI is InChI=1S/C21H31N5O/c1-4-26-19(13-18(24-26)16(2)3)21(27)23-15-20(17-9-8-10-22-14-17)25-11-6-5-7-12-25/h8-10,13-14,16,20H,4-7,11-12,15H2,1-3H3,(H,23,27)/t20-/m1/s1. The molecule has 1 saturated heterocycles. The summed E-state index contributed by atoms with van der Waals surface area (Å²) >= 11 is 0. The fourth-order valence-corrected chi connectivity index (χ4v) is 3.68. The number of likely N-dealkylation sites (tertiary alicyclic amines) is 1. The lowest BCUT2D eigenvalue weighted by Crippen LogP contribution is -2.41. The van der Waals surface area contributed by atoms with Crippen LogP contribution in [0.3, 0.4) is 0 Å². The van der Waals surface area contributed by atoms with Crippen LogP contribution in [-0.2, 0) is 6.54 Å². The van der Waals surface area contributed by atoms with Crippen molar-refractivity contribution in [3.63, 3.8) is 0 Å². The third-order valence-corrected chi connectivity index (χ3v) is 5.28. The molecular weight excluding hydrogens is 338 g/mol. The van der Waals surface area contributed by atoms with Crippen LogP contribution in [0.25, 0.3) is 0 Å². The molecular formula is C21H31N5O. The Morgan fingerprint density at radius 1 is 1.26 bits per heavy atom. The molecule has 0 aliphatic carbocycles. The summed E-state index contributed by atoms with van der Waals surface area (Å²) in [6.07, 6.45) is 7.42. The molecule has 2 aromatic rings. The maximum Gasteiger partial charge on any atom is 0.269 e. The van der Waals surface area contributed by atoms with Crippen LogP contribution >= 0.6 is 0 Å². The van der Waals surface area contributed by atoms with Crippen molar-refractivity contribution in [3.05, 3.63) is 47.5 Å². The fraction of sp³-hybridized carbons (Fsp3) is 0.571. The zero-order valence-electron chi connectivity index (χ0n) is 16.7. The average Bonchev–Trinajstić information content (AvgIpc) is 3.15. The largest absolute Gasteiger partial charge is 0.349 e. The van der Waals surface area contributed by atoms with Gasteiger partial charge < -0.3 is 5.32 Å². The highest BCUT2D eigenvalue weighted by molar-refractivity contribution is 5.92. The third kappa shape index (κ3) is 4.75. The molecule has 1 amide bonds. The minimum atomic E-state index is -0.0536. The minimum Gasteiger partial charge on any atom is -0.349 e. The second kappa shape index (κ2) is 9.13. The zero-order valence-corrected chi connectivity index (χ0v) is 16.7. The van der Waals surface area contributed by atoms with Crippen LogP contribution in [-0.4, -0.2) is 45.2 Å². The van der Waals surface area contributed by atoms with Gasteiger partial charge in [0.1, 0.15) is 5.69 Å². The number of nitrogens with one attached hydrogen (secondary N) is 1. The van der Waals surface area contributed by atoms with Gasteiger partial charge in [0.2, 0.25) is 0 Å². The minimum absolute atomic E-state index is 0.0536. The van der Waals surface area contributed by atoms with Crippen molar-refractivity contribution in [2.75, 3.05) is 19.6 Å². The number of carbonyl (C=O) groups is 1. The third-order valence-electron chi connectivity index (χ3n) is 5.28. The molecule has 1 atom stereocenters. The number of carbonyl (C=O) groups excluding carboxylic acids is 1. The van der Waals surface area contributed by atoms with E-state index in [9.17, 15) is 4.79 Å². The van der Waals surface area contributed by atoms with E-state index in [2.05, 4.69) is 40.2 Å². The van der Waals surface area contributed by atoms with Crippen molar-refractivity contribution < 1.29 is 4.79 Å². The molecule has 1 fully saturated rings. The van der Waals surface area contributed by atoms with E-state index in [1.165, 1.54) is 19.3 Å². The summed E-state index contributed by atoms with van der Waals surface area (Å²) in [5, 5.41) is 7.71. The van der Waals surface area contributed by atoms with Gasteiger partial charge in [-0.3, -0.25) is 19.4 Å². The first kappa shape index (κ1) is 19.5. The molecule has 0 unspecified atom stereocenters. The summed E-state index contributed by atoms with van der Waals surface area (Å²) in [4.78, 5) is 19.6. The Bertz CT molecular complexity index is 734. The predicted octanol–water partition coefficient (Wildman–Crippen LogP) is 3.38. The Morgan fingerprint density at radius 2 is 2.04 bits per heavy atom. The molecule has 27 heavy (non-hydrogen) atoms. The molecule has 0 aromatic carbocycles. The lowest BCUT2D eigenvalue weighted by Gasteiger charge is -2.34. The summed E-state index contributed by atoms with van der Waals surface area (Å²) < 4.78 is 1.80. The van der Waals surface area contributed by atoms with Crippen LogP contribution in [0.2, 0.25) is 0 Å². The van der Waals surface area contributed by atoms with Crippen LogP contribution < -0.4 is 5.32 Å². The monoisotopic (exact) mass is 369 g/mol. The number of aromatic nitrogens is 3. The highest BCUT2D eigenvalue weighted by Crippen LogP contribution is 2.24. The first-order valence-corrected chi connectivity index (χ1v) is 10.1. The molecule has 6 heteroatoms. The Hall–Kier alpha value is -2.21. The topological polar surface area (TPSA) is 63.1 Å². The van der Waals surface area contributed by atoms with Gasteiger partial charge in [-0.25, -0.2) is 0 Å². The van der Waals surface area contributed by atoms with Gasteiger partial charge in [0.15, 0.2) is 0 Å². The van der Waals surface area contributed by atoms with Crippen molar-refractivity contribution in [2.45, 2.75) is 58.5 Å². The predicted molar refractivity (Wildman–Crippen MR) is 107 cm³/mol. The van der Waals surface area contributed by atoms with Gasteiger partial charge in [0, 0.05) is 25.5 Å². The van der Waals surface area contributed by atoms with Crippen LogP contribution in [0.1, 0.15) is 73.7 Å². The molecule has 0 spiro atoms. The van der Waals surface area contributed by atoms with E-state index in [4.69, 9.17) is 0 Å². The summed E-state index contributed by atoms with van der Waals surface area (Å²) in [6, 6.07) is 6.15. The second-order valence-corrected chi connectivity index (χ2v) is 7.53. The van der Waals surface area contributed by atoms with Crippen molar-refractivity contribution in [1.29, 1.82) is 0 Å². The molecule has 0 saturated carbocycles. The smallest absolute Gasteiger partial charge is 0.269 e. The van der Waals surface area contributed by atoms with E-state index in [0.717, 1.165) is 24.3 Å². The van der Waals surface area contributed by atoms with Gasteiger partial charge in [-0.15, -0.1) is 0 Å². The van der Waals surface area contributed by atoms with Crippen LogP contribution in [0.5, 0.6) is 0 Å². The molecule has 1 aliphatic rings. The molecule has 3 heterocycles. The quantitative estimate of drug-likeness (QED) is 0.813. The molecule has 6 nitrogen and oxygen atoms in total. The van der Waals surface area contributed by atoms with E-state index in [-0.39, 0.29) is 11.9 Å². The van der Waals surface area contributed by atoms with Gasteiger partial charge in [-0.05, 0) is 56.5 Å². The number of hydrogen-bond donors (Lipinski definition) is 1. The summed E-state index contributed by atoms with van der Waals surface area (Å²) in [5.41, 5.74) is 2.76. The van der Waals surface area contributed by atoms with E-state index < -0.39 is 0 Å². The van der Waals surface area contributed by atoms with E-state index in [1.807, 2.05) is 25.3 Å². The lowest BCUT2D eigenvalue weighted by molar-refractivity contribution is 0.0914. The molecule has 2 aromatic heterocycles. The number of amides is 1. The van der Waals surface area contributed by atoms with Crippen molar-refractivity contribution in [1.82, 2.24) is 25.0 Å². The van der Waals surface area contributed by atoms with Gasteiger partial charge in [-0.1, -0.05) is 26.3 Å². The normalized spacial score (nSPS) is 16.4. The Morgan fingerprint density at radius 3 is 2.67 bits per heavy atom. The molecule has 1 N–H and O–H groups in total. The summed E-state index contributed by atoms with van der Waals surface area (Å²) in [7, 11) is 0. The number of hydrogen-bond acceptors (Lipinski definition) is 4. The number of aryl methyl sites for hydroxylation is 1. The van der Waals surface area contributed by atoms with Crippen molar-refractivity contribution >= 4 is 5.91 Å². The molecule has 146 valence electrons. The second-order valence-electron chi connectivity index (χ2n) is 7.53. The number of piperidine rings is 1. The van der Waals surface area contributed by atoms with Crippen LogP contribution in [0.15, 0.2) is 30.6 Å². The van der Waals surface area contributed by atoms with Crippen LogP contribution in [0, 0.1) is 0 Å². The zero-order chi connectivity index (χ0) is 19.2. The number of pyridine rings is 1. The number of rotatable bonds is 7. The highest BCUT2D eigenvalue weighted by atomic mass is 16.2. The average molecular weight is 370 g/mol. The Labute approximate surface area is 162 Å². The highest BCUT2D eigenvalue weighted by Gasteiger charge is 2.24. The fourth-order valence-electron chi connectivity index (χ4n) is 3.68. The van der Waals surface area contributed by atoms with E-state index >= 15 is 0 Å². The SMILES string of the molecule is CCn1nc(C(C)C)cc1C(=O)NC[C@H](c1cccnc1)N1CCCCC1. The first-order valence-electron chi connectivity index (χ1n) is 10.1. The molecule has 0 radical (unpaired) electrons. The molecule has 1 aliphatic heterocycles. The van der Waals surface area contributed by atoms with Gasteiger partial charge >= 0.3 is 0 Å². The van der Waals surface area contributed by atoms with Gasteiger partial charge in [0.25, 0.3) is 5.91 Å². The van der Waals surface area contributed by atoms with Crippen molar-refractivity contribution in [3.8, 4) is 0 Å². The number of nitrogens with zero attached hydrogens (tertiary/aromatic N) is 4. The summed E-state index contributed by atoms with van der Waals surface area (Å²) in [5.74, 6) is 0.253. The van der Waals surface area contributed by atoms with Gasteiger partial charge in [0.05, 0.1) is 11.7 Å². The Kier molecular flexibility index (Phi) is 6.61. The Balaban J connectivity index is 1.74. The first-order chi connectivity index (χ1) is 13.1. The molecule has 0 bridgehead atoms. The van der Waals surface area contributed by atoms with Crippen molar-refractivity contribution in [2.24, 2.45) is 0 Å².